The Morgan fingerprint density at radius 2 is 1.96 bits per heavy atom. The number of rotatable bonds is 2. The Balaban J connectivity index is 1.75. The Hall–Kier alpha value is -1.95. The van der Waals surface area contributed by atoms with Gasteiger partial charge >= 0.3 is 0 Å². The molecule has 2 aromatic rings. The van der Waals surface area contributed by atoms with E-state index in [9.17, 15) is 4.79 Å². The monoisotopic (exact) mass is 330 g/mol. The van der Waals surface area contributed by atoms with E-state index in [1.165, 1.54) is 11.3 Å². The van der Waals surface area contributed by atoms with Crippen molar-refractivity contribution in [2.24, 2.45) is 0 Å². The molecule has 1 aliphatic heterocycles. The second-order valence-electron chi connectivity index (χ2n) is 5.91. The molecule has 2 aromatic heterocycles. The van der Waals surface area contributed by atoms with Gasteiger partial charge in [-0.1, -0.05) is 6.07 Å². The molecule has 23 heavy (non-hydrogen) atoms. The summed E-state index contributed by atoms with van der Waals surface area (Å²) in [4.78, 5) is 26.7. The van der Waals surface area contributed by atoms with Gasteiger partial charge in [-0.3, -0.25) is 4.79 Å². The van der Waals surface area contributed by atoms with E-state index >= 15 is 0 Å². The van der Waals surface area contributed by atoms with Crippen LogP contribution >= 0.6 is 11.3 Å². The number of anilines is 1. The number of nitrogens with zero attached hydrogens (tertiary/aromatic N) is 4. The van der Waals surface area contributed by atoms with Crippen LogP contribution in [0, 0.1) is 20.8 Å². The molecule has 0 saturated carbocycles. The van der Waals surface area contributed by atoms with Crippen LogP contribution in [0.4, 0.5) is 5.82 Å². The number of aromatic nitrogens is 2. The Bertz CT molecular complexity index is 699. The summed E-state index contributed by atoms with van der Waals surface area (Å²) in [5, 5.41) is 1.95. The summed E-state index contributed by atoms with van der Waals surface area (Å²) < 4.78 is 0. The van der Waals surface area contributed by atoms with Crippen LogP contribution in [-0.2, 0) is 0 Å². The number of carbonyl (C=O) groups is 1. The Morgan fingerprint density at radius 1 is 1.13 bits per heavy atom. The Labute approximate surface area is 141 Å². The summed E-state index contributed by atoms with van der Waals surface area (Å²) in [5.74, 6) is 1.97. The molecule has 122 valence electrons. The maximum absolute atomic E-state index is 12.5. The molecular formula is C17H22N4OS. The number of aryl methyl sites for hydroxylation is 2. The van der Waals surface area contributed by atoms with E-state index in [0.717, 1.165) is 60.4 Å². The number of carbonyl (C=O) groups excluding carboxylic acids is 1. The molecule has 1 fully saturated rings. The summed E-state index contributed by atoms with van der Waals surface area (Å²) in [6.07, 6.45) is 0.957. The second-order valence-corrected chi connectivity index (χ2v) is 6.86. The van der Waals surface area contributed by atoms with Crippen molar-refractivity contribution in [2.45, 2.75) is 27.2 Å². The van der Waals surface area contributed by atoms with Crippen molar-refractivity contribution in [3.63, 3.8) is 0 Å². The molecule has 0 bridgehead atoms. The minimum Gasteiger partial charge on any atom is -0.354 e. The van der Waals surface area contributed by atoms with E-state index in [1.807, 2.05) is 36.3 Å². The predicted octanol–water partition coefficient (Wildman–Crippen LogP) is 2.82. The molecule has 0 radical (unpaired) electrons. The van der Waals surface area contributed by atoms with Crippen LogP contribution in [-0.4, -0.2) is 47.0 Å². The molecule has 0 N–H and O–H groups in total. The highest BCUT2D eigenvalue weighted by Crippen LogP contribution is 2.22. The molecule has 3 rings (SSSR count). The normalized spacial score (nSPS) is 15.6. The smallest absolute Gasteiger partial charge is 0.263 e. The van der Waals surface area contributed by atoms with E-state index in [4.69, 9.17) is 0 Å². The molecule has 0 spiro atoms. The lowest BCUT2D eigenvalue weighted by Gasteiger charge is -2.24. The number of hydrogen-bond acceptors (Lipinski definition) is 5. The molecule has 1 amide bonds. The standard InChI is InChI=1S/C17H22N4OS/c1-12-13(2)18-14(3)19-16(12)20-7-5-8-21(10-9-20)17(22)15-6-4-11-23-15/h4,6,11H,5,7-10H2,1-3H3. The van der Waals surface area contributed by atoms with E-state index in [1.54, 1.807) is 0 Å². The molecule has 0 aliphatic carbocycles. The third-order valence-electron chi connectivity index (χ3n) is 4.29. The van der Waals surface area contributed by atoms with Gasteiger partial charge in [0.15, 0.2) is 0 Å². The minimum absolute atomic E-state index is 0.147. The SMILES string of the molecule is Cc1nc(C)c(C)c(N2CCCN(C(=O)c3cccs3)CC2)n1. The Morgan fingerprint density at radius 3 is 2.70 bits per heavy atom. The second kappa shape index (κ2) is 6.66. The van der Waals surface area contributed by atoms with Crippen molar-refractivity contribution in [2.75, 3.05) is 31.1 Å². The zero-order chi connectivity index (χ0) is 16.4. The van der Waals surface area contributed by atoms with Crippen molar-refractivity contribution in [1.82, 2.24) is 14.9 Å². The third-order valence-corrected chi connectivity index (χ3v) is 5.15. The topological polar surface area (TPSA) is 49.3 Å². The quantitative estimate of drug-likeness (QED) is 0.849. The van der Waals surface area contributed by atoms with E-state index in [-0.39, 0.29) is 5.91 Å². The average Bonchev–Trinajstić information content (AvgIpc) is 2.95. The van der Waals surface area contributed by atoms with Gasteiger partial charge in [0.1, 0.15) is 11.6 Å². The summed E-state index contributed by atoms with van der Waals surface area (Å²) in [5.41, 5.74) is 2.16. The first-order valence-corrected chi connectivity index (χ1v) is 8.84. The van der Waals surface area contributed by atoms with Gasteiger partial charge in [-0.05, 0) is 38.6 Å². The highest BCUT2D eigenvalue weighted by molar-refractivity contribution is 7.12. The molecule has 6 heteroatoms. The van der Waals surface area contributed by atoms with Gasteiger partial charge in [-0.2, -0.15) is 0 Å². The van der Waals surface area contributed by atoms with Crippen LogP contribution in [0.3, 0.4) is 0 Å². The first-order valence-electron chi connectivity index (χ1n) is 7.96. The predicted molar refractivity (Wildman–Crippen MR) is 93.3 cm³/mol. The van der Waals surface area contributed by atoms with E-state index in [2.05, 4.69) is 21.8 Å². The van der Waals surface area contributed by atoms with Crippen molar-refractivity contribution >= 4 is 23.1 Å². The van der Waals surface area contributed by atoms with Crippen molar-refractivity contribution in [1.29, 1.82) is 0 Å². The van der Waals surface area contributed by atoms with Crippen LogP contribution in [0.2, 0.25) is 0 Å². The minimum atomic E-state index is 0.147. The molecule has 0 atom stereocenters. The maximum Gasteiger partial charge on any atom is 0.263 e. The van der Waals surface area contributed by atoms with E-state index in [0.29, 0.717) is 0 Å². The van der Waals surface area contributed by atoms with Crippen LogP contribution < -0.4 is 4.90 Å². The summed E-state index contributed by atoms with van der Waals surface area (Å²) in [6.45, 7) is 9.30. The molecule has 3 heterocycles. The zero-order valence-corrected chi connectivity index (χ0v) is 14.7. The zero-order valence-electron chi connectivity index (χ0n) is 13.9. The first-order chi connectivity index (χ1) is 11.1. The van der Waals surface area contributed by atoms with Crippen LogP contribution in [0.25, 0.3) is 0 Å². The number of amides is 1. The first kappa shape index (κ1) is 15.9. The number of thiophene rings is 1. The van der Waals surface area contributed by atoms with Crippen LogP contribution in [0.5, 0.6) is 0 Å². The van der Waals surface area contributed by atoms with Gasteiger partial charge in [0.25, 0.3) is 5.91 Å². The molecule has 5 nitrogen and oxygen atoms in total. The van der Waals surface area contributed by atoms with Crippen LogP contribution in [0.15, 0.2) is 17.5 Å². The van der Waals surface area contributed by atoms with Crippen LogP contribution in [0.1, 0.15) is 33.2 Å². The fourth-order valence-electron chi connectivity index (χ4n) is 2.95. The van der Waals surface area contributed by atoms with E-state index < -0.39 is 0 Å². The highest BCUT2D eigenvalue weighted by Gasteiger charge is 2.22. The lowest BCUT2D eigenvalue weighted by Crippen LogP contribution is -2.35. The fraction of sp³-hybridized carbons (Fsp3) is 0.471. The van der Waals surface area contributed by atoms with Gasteiger partial charge in [-0.25, -0.2) is 9.97 Å². The molecule has 1 aliphatic rings. The molecule has 0 aromatic carbocycles. The van der Waals surface area contributed by atoms with Crippen molar-refractivity contribution in [3.8, 4) is 0 Å². The van der Waals surface area contributed by atoms with Crippen molar-refractivity contribution < 1.29 is 4.79 Å². The average molecular weight is 330 g/mol. The molecule has 0 unspecified atom stereocenters. The molecule has 1 saturated heterocycles. The van der Waals surface area contributed by atoms with Gasteiger partial charge in [0.2, 0.25) is 0 Å². The van der Waals surface area contributed by atoms with Gasteiger partial charge in [0, 0.05) is 37.4 Å². The fourth-order valence-corrected chi connectivity index (χ4v) is 3.64. The molecular weight excluding hydrogens is 308 g/mol. The highest BCUT2D eigenvalue weighted by atomic mass is 32.1. The van der Waals surface area contributed by atoms with Gasteiger partial charge < -0.3 is 9.80 Å². The number of hydrogen-bond donors (Lipinski definition) is 0. The third kappa shape index (κ3) is 3.37. The van der Waals surface area contributed by atoms with Gasteiger partial charge in [0.05, 0.1) is 4.88 Å². The Kier molecular flexibility index (Phi) is 4.61. The van der Waals surface area contributed by atoms with Crippen molar-refractivity contribution in [3.05, 3.63) is 39.5 Å². The maximum atomic E-state index is 12.5. The summed E-state index contributed by atoms with van der Waals surface area (Å²) in [6, 6.07) is 3.83. The van der Waals surface area contributed by atoms with Gasteiger partial charge in [-0.15, -0.1) is 11.3 Å². The summed E-state index contributed by atoms with van der Waals surface area (Å²) in [7, 11) is 0. The lowest BCUT2D eigenvalue weighted by molar-refractivity contribution is 0.0772. The lowest BCUT2D eigenvalue weighted by atomic mass is 10.2. The largest absolute Gasteiger partial charge is 0.354 e. The summed E-state index contributed by atoms with van der Waals surface area (Å²) >= 11 is 1.51.